The van der Waals surface area contributed by atoms with Gasteiger partial charge in [-0.1, -0.05) is 0 Å². The number of nitrogens with zero attached hydrogens (tertiary/aromatic N) is 1. The molecule has 9 heteroatoms. The van der Waals surface area contributed by atoms with Crippen molar-refractivity contribution in [1.29, 1.82) is 0 Å². The van der Waals surface area contributed by atoms with E-state index in [9.17, 15) is 23.2 Å². The number of Topliss-reactive ketones (excluding diaryl/α,β-unsaturated/α-hetero) is 1. The Bertz CT molecular complexity index is 893. The molecule has 170 valence electrons. The molecule has 31 heavy (non-hydrogen) atoms. The van der Waals surface area contributed by atoms with Crippen molar-refractivity contribution >= 4 is 23.5 Å². The van der Waals surface area contributed by atoms with E-state index in [4.69, 9.17) is 4.74 Å². The van der Waals surface area contributed by atoms with Crippen LogP contribution in [0.4, 0.5) is 19.3 Å². The van der Waals surface area contributed by atoms with Gasteiger partial charge in [0.15, 0.2) is 5.78 Å². The van der Waals surface area contributed by atoms with Gasteiger partial charge in [0.2, 0.25) is 0 Å². The van der Waals surface area contributed by atoms with Crippen LogP contribution in [0.3, 0.4) is 0 Å². The maximum absolute atomic E-state index is 14.8. The van der Waals surface area contributed by atoms with Gasteiger partial charge in [-0.15, -0.1) is 0 Å². The Morgan fingerprint density at radius 1 is 1.19 bits per heavy atom. The van der Waals surface area contributed by atoms with Crippen LogP contribution in [0.2, 0.25) is 0 Å². The maximum atomic E-state index is 14.8. The van der Waals surface area contributed by atoms with Gasteiger partial charge in [0.05, 0.1) is 23.9 Å². The molecule has 3 rings (SSSR count). The highest BCUT2D eigenvalue weighted by Gasteiger charge is 2.56. The highest BCUT2D eigenvalue weighted by atomic mass is 19.1. The second-order valence-corrected chi connectivity index (χ2v) is 9.13. The molecule has 1 saturated heterocycles. The van der Waals surface area contributed by atoms with Gasteiger partial charge in [-0.05, 0) is 46.6 Å². The van der Waals surface area contributed by atoms with Crippen molar-refractivity contribution in [3.8, 4) is 0 Å². The molecular weight excluding hydrogens is 410 g/mol. The molecule has 1 aliphatic heterocycles. The van der Waals surface area contributed by atoms with Crippen LogP contribution in [-0.4, -0.2) is 49.2 Å². The normalized spacial score (nSPS) is 19.3. The summed E-state index contributed by atoms with van der Waals surface area (Å²) in [5, 5.41) is 2.86. The standard InChI is InChI=1S/C22H28F2N2O5/c1-5-30-19(28)10-17(27)13-8-15(24)16(9-14(13)23)26-11-18(22(12-26)6-7-22)25-20(29)31-21(2,3)4/h8-9,18H,5-7,10-12H2,1-4H3,(H,25,29)/t18-/m1/s1. The van der Waals surface area contributed by atoms with E-state index in [-0.39, 0.29) is 23.8 Å². The summed E-state index contributed by atoms with van der Waals surface area (Å²) in [7, 11) is 0. The van der Waals surface area contributed by atoms with Crippen molar-refractivity contribution in [2.75, 3.05) is 24.6 Å². The Balaban J connectivity index is 1.73. The minimum Gasteiger partial charge on any atom is -0.466 e. The number of carbonyl (C=O) groups is 3. The van der Waals surface area contributed by atoms with E-state index in [1.165, 1.54) is 0 Å². The lowest BCUT2D eigenvalue weighted by molar-refractivity contribution is -0.141. The van der Waals surface area contributed by atoms with Crippen molar-refractivity contribution < 1.29 is 32.6 Å². The monoisotopic (exact) mass is 438 g/mol. The lowest BCUT2D eigenvalue weighted by atomic mass is 10.0. The molecule has 0 radical (unpaired) electrons. The van der Waals surface area contributed by atoms with Gasteiger partial charge in [0.1, 0.15) is 23.7 Å². The van der Waals surface area contributed by atoms with Crippen LogP contribution < -0.4 is 10.2 Å². The highest BCUT2D eigenvalue weighted by molar-refractivity contribution is 6.06. The molecule has 1 amide bonds. The van der Waals surface area contributed by atoms with E-state index in [0.29, 0.717) is 13.1 Å². The number of carbonyl (C=O) groups excluding carboxylic acids is 3. The predicted molar refractivity (Wildman–Crippen MR) is 109 cm³/mol. The van der Waals surface area contributed by atoms with Gasteiger partial charge in [-0.2, -0.15) is 0 Å². The second-order valence-electron chi connectivity index (χ2n) is 9.13. The number of hydrogen-bond acceptors (Lipinski definition) is 6. The lowest BCUT2D eigenvalue weighted by Gasteiger charge is -2.24. The molecule has 0 unspecified atom stereocenters. The summed E-state index contributed by atoms with van der Waals surface area (Å²) >= 11 is 0. The smallest absolute Gasteiger partial charge is 0.407 e. The summed E-state index contributed by atoms with van der Waals surface area (Å²) in [6.07, 6.45) is 0.532. The van der Waals surface area contributed by atoms with Crippen LogP contribution in [0.1, 0.15) is 57.3 Å². The molecular formula is C22H28F2N2O5. The van der Waals surface area contributed by atoms with Crippen molar-refractivity contribution in [3.05, 3.63) is 29.3 Å². The van der Waals surface area contributed by atoms with E-state index in [1.807, 2.05) is 0 Å². The number of alkyl carbamates (subject to hydrolysis) is 1. The molecule has 1 spiro atoms. The molecule has 0 aromatic heterocycles. The van der Waals surface area contributed by atoms with Crippen LogP contribution in [0, 0.1) is 17.0 Å². The third kappa shape index (κ3) is 5.32. The second kappa shape index (κ2) is 8.43. The number of ether oxygens (including phenoxy) is 2. The van der Waals surface area contributed by atoms with E-state index in [1.54, 1.807) is 32.6 Å². The van der Waals surface area contributed by atoms with Crippen LogP contribution in [0.15, 0.2) is 12.1 Å². The van der Waals surface area contributed by atoms with E-state index in [0.717, 1.165) is 25.0 Å². The summed E-state index contributed by atoms with van der Waals surface area (Å²) in [5.41, 5.74) is -1.30. The largest absolute Gasteiger partial charge is 0.466 e. The number of ketones is 1. The quantitative estimate of drug-likeness (QED) is 0.415. The number of rotatable bonds is 6. The summed E-state index contributed by atoms with van der Waals surface area (Å²) in [6, 6.07) is 1.54. The van der Waals surface area contributed by atoms with E-state index < -0.39 is 47.1 Å². The fraction of sp³-hybridized carbons (Fsp3) is 0.591. The highest BCUT2D eigenvalue weighted by Crippen LogP contribution is 2.53. The summed E-state index contributed by atoms with van der Waals surface area (Å²) in [5.74, 6) is -3.30. The van der Waals surface area contributed by atoms with Crippen LogP contribution in [0.5, 0.6) is 0 Å². The number of hydrogen-bond donors (Lipinski definition) is 1. The van der Waals surface area contributed by atoms with Gasteiger partial charge in [-0.25, -0.2) is 13.6 Å². The Hall–Kier alpha value is -2.71. The van der Waals surface area contributed by atoms with Crippen molar-refractivity contribution in [1.82, 2.24) is 5.32 Å². The predicted octanol–water partition coefficient (Wildman–Crippen LogP) is 3.59. The van der Waals surface area contributed by atoms with Crippen molar-refractivity contribution in [2.24, 2.45) is 5.41 Å². The molecule has 1 aromatic carbocycles. The summed E-state index contributed by atoms with van der Waals surface area (Å²) < 4.78 is 39.4. The first-order valence-corrected chi connectivity index (χ1v) is 10.4. The molecule has 0 bridgehead atoms. The summed E-state index contributed by atoms with van der Waals surface area (Å²) in [4.78, 5) is 37.5. The molecule has 1 atom stereocenters. The Morgan fingerprint density at radius 2 is 1.87 bits per heavy atom. The van der Waals surface area contributed by atoms with Gasteiger partial charge in [0.25, 0.3) is 0 Å². The molecule has 7 nitrogen and oxygen atoms in total. The van der Waals surface area contributed by atoms with E-state index in [2.05, 4.69) is 10.1 Å². The van der Waals surface area contributed by atoms with Gasteiger partial charge >= 0.3 is 12.1 Å². The Labute approximate surface area is 180 Å². The van der Waals surface area contributed by atoms with Crippen LogP contribution >= 0.6 is 0 Å². The zero-order chi connectivity index (χ0) is 23.0. The maximum Gasteiger partial charge on any atom is 0.407 e. The molecule has 1 aromatic rings. The number of halogens is 2. The average Bonchev–Trinajstić information content (AvgIpc) is 3.32. The molecule has 2 fully saturated rings. The van der Waals surface area contributed by atoms with Crippen LogP contribution in [-0.2, 0) is 14.3 Å². The zero-order valence-electron chi connectivity index (χ0n) is 18.2. The Kier molecular flexibility index (Phi) is 6.25. The minimum absolute atomic E-state index is 0.0185. The third-order valence-corrected chi connectivity index (χ3v) is 5.52. The molecule has 1 heterocycles. The number of nitrogens with one attached hydrogen (secondary N) is 1. The third-order valence-electron chi connectivity index (χ3n) is 5.52. The van der Waals surface area contributed by atoms with Crippen molar-refractivity contribution in [3.63, 3.8) is 0 Å². The minimum atomic E-state index is -0.904. The van der Waals surface area contributed by atoms with Crippen LogP contribution in [0.25, 0.3) is 0 Å². The first-order valence-electron chi connectivity index (χ1n) is 10.4. The fourth-order valence-electron chi connectivity index (χ4n) is 3.90. The van der Waals surface area contributed by atoms with Gasteiger partial charge in [0, 0.05) is 24.6 Å². The topological polar surface area (TPSA) is 84.9 Å². The number of amides is 1. The van der Waals surface area contributed by atoms with Gasteiger partial charge in [-0.3, -0.25) is 9.59 Å². The molecule has 1 aliphatic carbocycles. The molecule has 1 N–H and O–H groups in total. The number of esters is 1. The molecule has 2 aliphatic rings. The fourth-order valence-corrected chi connectivity index (χ4v) is 3.90. The van der Waals surface area contributed by atoms with E-state index >= 15 is 0 Å². The average molecular weight is 438 g/mol. The van der Waals surface area contributed by atoms with Crippen molar-refractivity contribution in [2.45, 2.75) is 58.6 Å². The number of anilines is 1. The lowest BCUT2D eigenvalue weighted by Crippen LogP contribution is -2.44. The Morgan fingerprint density at radius 3 is 2.45 bits per heavy atom. The first kappa shape index (κ1) is 23.0. The zero-order valence-corrected chi connectivity index (χ0v) is 18.2. The van der Waals surface area contributed by atoms with Gasteiger partial charge < -0.3 is 19.7 Å². The number of benzene rings is 1. The summed E-state index contributed by atoms with van der Waals surface area (Å²) in [6.45, 7) is 7.74. The first-order chi connectivity index (χ1) is 14.4. The molecule has 1 saturated carbocycles. The SMILES string of the molecule is CCOC(=O)CC(=O)c1cc(F)c(N2C[C@@H](NC(=O)OC(C)(C)C)C3(CC3)C2)cc1F.